The van der Waals surface area contributed by atoms with Crippen molar-refractivity contribution in [3.63, 3.8) is 0 Å². The zero-order valence-electron chi connectivity index (χ0n) is 27.6. The minimum absolute atomic E-state index is 0.0239. The van der Waals surface area contributed by atoms with Crippen LogP contribution < -0.4 is 0 Å². The van der Waals surface area contributed by atoms with Crippen LogP contribution in [0.15, 0.2) is 175 Å². The highest BCUT2D eigenvalue weighted by Gasteiger charge is 2.39. The molecule has 7 aromatic rings. The van der Waals surface area contributed by atoms with Crippen LogP contribution in [0.4, 0.5) is 0 Å². The van der Waals surface area contributed by atoms with E-state index >= 15 is 0 Å². The summed E-state index contributed by atoms with van der Waals surface area (Å²) in [6.45, 7) is 4.17. The van der Waals surface area contributed by atoms with Crippen molar-refractivity contribution in [2.24, 2.45) is 4.99 Å². The van der Waals surface area contributed by atoms with Crippen molar-refractivity contribution in [1.29, 1.82) is 0 Å². The molecule has 0 spiro atoms. The summed E-state index contributed by atoms with van der Waals surface area (Å²) in [5, 5.41) is 5.93. The van der Waals surface area contributed by atoms with Gasteiger partial charge < -0.3 is 0 Å². The molecule has 0 aliphatic rings. The van der Waals surface area contributed by atoms with Crippen molar-refractivity contribution in [2.75, 3.05) is 0 Å². The lowest BCUT2D eigenvalue weighted by atomic mass is 9.77. The van der Waals surface area contributed by atoms with E-state index in [4.69, 9.17) is 26.7 Å². The molecule has 0 radical (unpaired) electrons. The van der Waals surface area contributed by atoms with Crippen LogP contribution in [0.25, 0.3) is 11.3 Å². The predicted molar refractivity (Wildman–Crippen MR) is 201 cm³/mol. The first-order valence-corrected chi connectivity index (χ1v) is 16.9. The Morgan fingerprint density at radius 3 is 1.65 bits per heavy atom. The Hall–Kier alpha value is -5.58. The maximum absolute atomic E-state index is 6.27. The van der Waals surface area contributed by atoms with Gasteiger partial charge in [0.2, 0.25) is 0 Å². The minimum Gasteiger partial charge on any atom is -0.289 e. The third kappa shape index (κ3) is 6.48. The van der Waals surface area contributed by atoms with Gasteiger partial charge in [-0.3, -0.25) is 14.7 Å². The summed E-state index contributed by atoms with van der Waals surface area (Å²) >= 11 is 6.27. The van der Waals surface area contributed by atoms with E-state index in [0.29, 0.717) is 5.02 Å². The Balaban J connectivity index is 1.30. The first-order valence-electron chi connectivity index (χ1n) is 16.6. The SMILES string of the molecule is Cc1nn(C(c2ccccc2)(c2ccccc2)c2ccccc2)cc1-c1ccc(C(C=N[C@H](C)c2ccccc2)c2ccc(Cl)cc2)cn1. The number of halogens is 1. The van der Waals surface area contributed by atoms with Gasteiger partial charge in [0.1, 0.15) is 5.54 Å². The molecule has 2 aromatic heterocycles. The quantitative estimate of drug-likeness (QED) is 0.109. The van der Waals surface area contributed by atoms with Gasteiger partial charge in [-0.25, -0.2) is 0 Å². The number of hydrogen-bond acceptors (Lipinski definition) is 3. The lowest BCUT2D eigenvalue weighted by Gasteiger charge is -2.36. The van der Waals surface area contributed by atoms with E-state index in [0.717, 1.165) is 44.8 Å². The van der Waals surface area contributed by atoms with Crippen molar-refractivity contribution < 1.29 is 0 Å². The molecule has 0 saturated carbocycles. The van der Waals surface area contributed by atoms with Gasteiger partial charge in [-0.2, -0.15) is 5.10 Å². The van der Waals surface area contributed by atoms with Crippen LogP contribution in [0, 0.1) is 6.92 Å². The van der Waals surface area contributed by atoms with Crippen molar-refractivity contribution in [2.45, 2.75) is 31.3 Å². The van der Waals surface area contributed by atoms with E-state index in [1.807, 2.05) is 42.7 Å². The van der Waals surface area contributed by atoms with Crippen molar-refractivity contribution in [3.8, 4) is 11.3 Å². The molecule has 0 aliphatic carbocycles. The molecule has 0 amide bonds. The zero-order chi connectivity index (χ0) is 33.6. The normalized spacial score (nSPS) is 13.0. The maximum Gasteiger partial charge on any atom is 0.138 e. The molecule has 7 rings (SSSR count). The average molecular weight is 657 g/mol. The highest BCUT2D eigenvalue weighted by atomic mass is 35.5. The van der Waals surface area contributed by atoms with Crippen molar-refractivity contribution in [3.05, 3.63) is 214 Å². The van der Waals surface area contributed by atoms with E-state index in [1.54, 1.807) is 0 Å². The highest BCUT2D eigenvalue weighted by Crippen LogP contribution is 2.41. The lowest BCUT2D eigenvalue weighted by molar-refractivity contribution is 0.458. The molecule has 2 atom stereocenters. The number of pyridine rings is 1. The number of nitrogens with zero attached hydrogens (tertiary/aromatic N) is 4. The second-order valence-corrected chi connectivity index (χ2v) is 12.7. The van der Waals surface area contributed by atoms with E-state index in [9.17, 15) is 0 Å². The zero-order valence-corrected chi connectivity index (χ0v) is 28.3. The fraction of sp³-hybridized carbons (Fsp3) is 0.114. The number of benzene rings is 5. The molecule has 0 bridgehead atoms. The molecular formula is C44H37ClN4. The van der Waals surface area contributed by atoms with E-state index in [-0.39, 0.29) is 12.0 Å². The molecule has 0 fully saturated rings. The summed E-state index contributed by atoms with van der Waals surface area (Å²) in [6, 6.07) is 54.4. The van der Waals surface area contributed by atoms with E-state index in [1.165, 1.54) is 5.56 Å². The number of aliphatic imine (C=N–C) groups is 1. The van der Waals surface area contributed by atoms with Crippen LogP contribution in [-0.2, 0) is 5.54 Å². The van der Waals surface area contributed by atoms with Crippen LogP contribution in [0.3, 0.4) is 0 Å². The van der Waals surface area contributed by atoms with Crippen LogP contribution >= 0.6 is 11.6 Å². The standard InChI is InChI=1S/C44H37ClN4/c1-32(34-15-7-3-8-16-34)46-30-41(35-23-26-40(45)27-24-35)36-25-28-43(47-29-36)42-31-49(48-33(42)2)44(37-17-9-4-10-18-37,38-19-11-5-12-20-38)39-21-13-6-14-22-39/h3-32,41H,1-2H3/t32-,41?/m1/s1. The Morgan fingerprint density at radius 2 is 1.14 bits per heavy atom. The largest absolute Gasteiger partial charge is 0.289 e. The van der Waals surface area contributed by atoms with Crippen LogP contribution in [0.1, 0.15) is 58.0 Å². The molecular weight excluding hydrogens is 620 g/mol. The van der Waals surface area contributed by atoms with Crippen molar-refractivity contribution in [1.82, 2.24) is 14.8 Å². The summed E-state index contributed by atoms with van der Waals surface area (Å²) in [7, 11) is 0. The molecule has 0 saturated heterocycles. The van der Waals surface area contributed by atoms with Crippen LogP contribution in [0.2, 0.25) is 5.02 Å². The third-order valence-corrected chi connectivity index (χ3v) is 9.46. The van der Waals surface area contributed by atoms with Gasteiger partial charge in [0.05, 0.1) is 17.4 Å². The number of rotatable bonds is 10. The van der Waals surface area contributed by atoms with E-state index in [2.05, 4.69) is 152 Å². The predicted octanol–water partition coefficient (Wildman–Crippen LogP) is 10.7. The Kier molecular flexibility index (Phi) is 9.31. The monoisotopic (exact) mass is 656 g/mol. The fourth-order valence-corrected chi connectivity index (χ4v) is 6.76. The molecule has 1 unspecified atom stereocenters. The Bertz CT molecular complexity index is 2030. The second kappa shape index (κ2) is 14.3. The molecule has 2 heterocycles. The van der Waals surface area contributed by atoms with Gasteiger partial charge in [-0.1, -0.05) is 151 Å². The van der Waals surface area contributed by atoms with Gasteiger partial charge in [0, 0.05) is 35.1 Å². The first-order chi connectivity index (χ1) is 24.0. The minimum atomic E-state index is -0.696. The molecule has 5 heteroatoms. The van der Waals surface area contributed by atoms with Gasteiger partial charge in [0.25, 0.3) is 0 Å². The summed E-state index contributed by atoms with van der Waals surface area (Å²) in [4.78, 5) is 10.0. The molecule has 0 aliphatic heterocycles. The third-order valence-electron chi connectivity index (χ3n) is 9.21. The molecule has 49 heavy (non-hydrogen) atoms. The number of aromatic nitrogens is 3. The lowest BCUT2D eigenvalue weighted by Crippen LogP contribution is -2.38. The van der Waals surface area contributed by atoms with Gasteiger partial charge in [-0.05, 0) is 65.4 Å². The summed E-state index contributed by atoms with van der Waals surface area (Å²) in [6.07, 6.45) is 6.14. The van der Waals surface area contributed by atoms with E-state index < -0.39 is 5.54 Å². The second-order valence-electron chi connectivity index (χ2n) is 12.3. The van der Waals surface area contributed by atoms with Gasteiger partial charge in [-0.15, -0.1) is 0 Å². The van der Waals surface area contributed by atoms with Crippen LogP contribution in [0.5, 0.6) is 0 Å². The maximum atomic E-state index is 6.27. The Morgan fingerprint density at radius 1 is 0.633 bits per heavy atom. The Labute approximate surface area is 293 Å². The summed E-state index contributed by atoms with van der Waals surface area (Å²) in [5.74, 6) is -0.0873. The van der Waals surface area contributed by atoms with Crippen molar-refractivity contribution >= 4 is 17.8 Å². The van der Waals surface area contributed by atoms with Gasteiger partial charge in [0.15, 0.2) is 0 Å². The fourth-order valence-electron chi connectivity index (χ4n) is 6.63. The molecule has 240 valence electrons. The molecule has 5 aromatic carbocycles. The summed E-state index contributed by atoms with van der Waals surface area (Å²) in [5.41, 5.74) is 8.75. The number of aryl methyl sites for hydroxylation is 1. The smallest absolute Gasteiger partial charge is 0.138 e. The average Bonchev–Trinajstić information content (AvgIpc) is 3.55. The molecule has 4 nitrogen and oxygen atoms in total. The summed E-state index contributed by atoms with van der Waals surface area (Å²) < 4.78 is 2.11. The number of hydrogen-bond donors (Lipinski definition) is 0. The molecule has 0 N–H and O–H groups in total. The van der Waals surface area contributed by atoms with Gasteiger partial charge >= 0.3 is 0 Å². The highest BCUT2D eigenvalue weighted by molar-refractivity contribution is 6.30. The van der Waals surface area contributed by atoms with Crippen LogP contribution in [-0.4, -0.2) is 21.0 Å². The topological polar surface area (TPSA) is 43.1 Å². The first kappa shape index (κ1) is 32.0.